The normalized spacial score (nSPS) is 10.5. The van der Waals surface area contributed by atoms with E-state index >= 15 is 0 Å². The summed E-state index contributed by atoms with van der Waals surface area (Å²) >= 11 is 0. The molecule has 3 aromatic rings. The van der Waals surface area contributed by atoms with Crippen LogP contribution in [0.2, 0.25) is 0 Å². The molecular weight excluding hydrogens is 281 g/mol. The van der Waals surface area contributed by atoms with Gasteiger partial charge in [0.1, 0.15) is 5.82 Å². The summed E-state index contributed by atoms with van der Waals surface area (Å²) in [7, 11) is 0. The smallest absolute Gasteiger partial charge is 0.256 e. The molecule has 0 aliphatic heterocycles. The number of halogens is 1. The highest BCUT2D eigenvalue weighted by molar-refractivity contribution is 6.05. The van der Waals surface area contributed by atoms with Crippen molar-refractivity contribution in [3.63, 3.8) is 0 Å². The third-order valence-electron chi connectivity index (χ3n) is 3.34. The lowest BCUT2D eigenvalue weighted by atomic mass is 10.1. The van der Waals surface area contributed by atoms with Crippen molar-refractivity contribution in [1.82, 2.24) is 9.78 Å². The first kappa shape index (κ1) is 14.0. The van der Waals surface area contributed by atoms with E-state index < -0.39 is 5.82 Å². The Morgan fingerprint density at radius 3 is 2.64 bits per heavy atom. The molecule has 1 aromatic heterocycles. The van der Waals surface area contributed by atoms with E-state index in [-0.39, 0.29) is 5.91 Å². The molecule has 1 amide bonds. The van der Waals surface area contributed by atoms with Crippen molar-refractivity contribution in [3.05, 3.63) is 77.9 Å². The summed E-state index contributed by atoms with van der Waals surface area (Å²) in [4.78, 5) is 12.2. The maximum Gasteiger partial charge on any atom is 0.256 e. The Balaban J connectivity index is 1.78. The molecule has 0 spiro atoms. The molecule has 1 N–H and O–H groups in total. The Hall–Kier alpha value is -2.95. The lowest BCUT2D eigenvalue weighted by Crippen LogP contribution is -2.13. The number of aromatic nitrogens is 2. The highest BCUT2D eigenvalue weighted by Crippen LogP contribution is 2.16. The monoisotopic (exact) mass is 295 g/mol. The standard InChI is InChI=1S/C17H14FN3O/c1-12-3-4-13(18)11-16(12)17(22)20-14-5-7-15(8-6-14)21-10-2-9-19-21/h2-11H,1H3,(H,20,22). The molecule has 0 aliphatic carbocycles. The van der Waals surface area contributed by atoms with Crippen LogP contribution in [0.4, 0.5) is 10.1 Å². The van der Waals surface area contributed by atoms with Gasteiger partial charge in [-0.1, -0.05) is 6.07 Å². The fraction of sp³-hybridized carbons (Fsp3) is 0.0588. The predicted octanol–water partition coefficient (Wildman–Crippen LogP) is 3.57. The Kier molecular flexibility index (Phi) is 3.70. The third-order valence-corrected chi connectivity index (χ3v) is 3.34. The third kappa shape index (κ3) is 2.88. The van der Waals surface area contributed by atoms with Crippen molar-refractivity contribution in [1.29, 1.82) is 0 Å². The fourth-order valence-corrected chi connectivity index (χ4v) is 2.16. The van der Waals surface area contributed by atoms with E-state index in [1.54, 1.807) is 36.0 Å². The second-order valence-corrected chi connectivity index (χ2v) is 4.91. The molecule has 0 radical (unpaired) electrons. The lowest BCUT2D eigenvalue weighted by Gasteiger charge is -2.09. The zero-order chi connectivity index (χ0) is 15.5. The number of anilines is 1. The highest BCUT2D eigenvalue weighted by atomic mass is 19.1. The number of nitrogens with zero attached hydrogens (tertiary/aromatic N) is 2. The first-order valence-electron chi connectivity index (χ1n) is 6.81. The summed E-state index contributed by atoms with van der Waals surface area (Å²) in [6.45, 7) is 1.77. The molecule has 0 aliphatic rings. The summed E-state index contributed by atoms with van der Waals surface area (Å²) in [5.41, 5.74) is 2.60. The molecule has 0 saturated carbocycles. The molecule has 0 unspecified atom stereocenters. The van der Waals surface area contributed by atoms with E-state index in [1.807, 2.05) is 24.4 Å². The average molecular weight is 295 g/mol. The summed E-state index contributed by atoms with van der Waals surface area (Å²) < 4.78 is 15.0. The van der Waals surface area contributed by atoms with Crippen molar-refractivity contribution in [2.75, 3.05) is 5.32 Å². The minimum absolute atomic E-state index is 0.330. The number of hydrogen-bond acceptors (Lipinski definition) is 2. The predicted molar refractivity (Wildman–Crippen MR) is 82.7 cm³/mol. The van der Waals surface area contributed by atoms with Gasteiger partial charge in [-0.3, -0.25) is 4.79 Å². The molecular formula is C17H14FN3O. The summed E-state index contributed by atoms with van der Waals surface area (Å²) in [6.07, 6.45) is 3.53. The molecule has 0 fully saturated rings. The second-order valence-electron chi connectivity index (χ2n) is 4.91. The summed E-state index contributed by atoms with van der Waals surface area (Å²) in [6, 6.07) is 13.3. The first-order valence-corrected chi connectivity index (χ1v) is 6.81. The fourth-order valence-electron chi connectivity index (χ4n) is 2.16. The zero-order valence-corrected chi connectivity index (χ0v) is 12.0. The number of amides is 1. The minimum Gasteiger partial charge on any atom is -0.322 e. The maximum atomic E-state index is 13.3. The van der Waals surface area contributed by atoms with Crippen molar-refractivity contribution in [3.8, 4) is 5.69 Å². The van der Waals surface area contributed by atoms with Gasteiger partial charge in [0.15, 0.2) is 0 Å². The van der Waals surface area contributed by atoms with Gasteiger partial charge >= 0.3 is 0 Å². The number of benzene rings is 2. The van der Waals surface area contributed by atoms with Crippen LogP contribution in [0, 0.1) is 12.7 Å². The van der Waals surface area contributed by atoms with Crippen LogP contribution in [0.3, 0.4) is 0 Å². The Morgan fingerprint density at radius 1 is 1.18 bits per heavy atom. The van der Waals surface area contributed by atoms with Gasteiger partial charge in [0.25, 0.3) is 5.91 Å². The topological polar surface area (TPSA) is 46.9 Å². The van der Waals surface area contributed by atoms with Crippen LogP contribution in [0.25, 0.3) is 5.69 Å². The Labute approximate surface area is 127 Å². The number of carbonyl (C=O) groups is 1. The molecule has 2 aromatic carbocycles. The molecule has 22 heavy (non-hydrogen) atoms. The van der Waals surface area contributed by atoms with Gasteiger partial charge in [-0.05, 0) is 55.0 Å². The summed E-state index contributed by atoms with van der Waals surface area (Å²) in [5, 5.41) is 6.90. The van der Waals surface area contributed by atoms with Gasteiger partial charge < -0.3 is 5.32 Å². The van der Waals surface area contributed by atoms with Crippen LogP contribution in [-0.4, -0.2) is 15.7 Å². The van der Waals surface area contributed by atoms with E-state index in [4.69, 9.17) is 0 Å². The van der Waals surface area contributed by atoms with Crippen LogP contribution in [0.15, 0.2) is 60.9 Å². The molecule has 0 saturated heterocycles. The molecule has 0 bridgehead atoms. The van der Waals surface area contributed by atoms with Gasteiger partial charge in [0.2, 0.25) is 0 Å². The average Bonchev–Trinajstić information content (AvgIpc) is 3.05. The van der Waals surface area contributed by atoms with Crippen molar-refractivity contribution in [2.24, 2.45) is 0 Å². The lowest BCUT2D eigenvalue weighted by molar-refractivity contribution is 0.102. The van der Waals surface area contributed by atoms with Crippen LogP contribution < -0.4 is 5.32 Å². The van der Waals surface area contributed by atoms with Gasteiger partial charge in [-0.15, -0.1) is 0 Å². The van der Waals surface area contributed by atoms with Gasteiger partial charge in [-0.25, -0.2) is 9.07 Å². The number of carbonyl (C=O) groups excluding carboxylic acids is 1. The molecule has 1 heterocycles. The van der Waals surface area contributed by atoms with E-state index in [0.29, 0.717) is 11.3 Å². The van der Waals surface area contributed by atoms with Crippen molar-refractivity contribution in [2.45, 2.75) is 6.92 Å². The van der Waals surface area contributed by atoms with Crippen molar-refractivity contribution >= 4 is 11.6 Å². The van der Waals surface area contributed by atoms with E-state index in [1.165, 1.54) is 12.1 Å². The van der Waals surface area contributed by atoms with E-state index in [2.05, 4.69) is 10.4 Å². The van der Waals surface area contributed by atoms with Gasteiger partial charge in [-0.2, -0.15) is 5.10 Å². The van der Waals surface area contributed by atoms with Gasteiger partial charge in [0, 0.05) is 23.6 Å². The second kappa shape index (κ2) is 5.81. The molecule has 0 atom stereocenters. The Morgan fingerprint density at radius 2 is 1.95 bits per heavy atom. The first-order chi connectivity index (χ1) is 10.6. The minimum atomic E-state index is -0.426. The molecule has 3 rings (SSSR count). The molecule has 5 heteroatoms. The quantitative estimate of drug-likeness (QED) is 0.803. The highest BCUT2D eigenvalue weighted by Gasteiger charge is 2.10. The van der Waals surface area contributed by atoms with Crippen LogP contribution in [-0.2, 0) is 0 Å². The van der Waals surface area contributed by atoms with Crippen LogP contribution in [0.1, 0.15) is 15.9 Å². The Bertz CT molecular complexity index is 795. The molecule has 110 valence electrons. The van der Waals surface area contributed by atoms with E-state index in [0.717, 1.165) is 11.3 Å². The largest absolute Gasteiger partial charge is 0.322 e. The summed E-state index contributed by atoms with van der Waals surface area (Å²) in [5.74, 6) is -0.756. The van der Waals surface area contributed by atoms with Crippen LogP contribution >= 0.6 is 0 Å². The van der Waals surface area contributed by atoms with Crippen molar-refractivity contribution < 1.29 is 9.18 Å². The van der Waals surface area contributed by atoms with Gasteiger partial charge in [0.05, 0.1) is 5.69 Å². The number of nitrogens with one attached hydrogen (secondary N) is 1. The number of hydrogen-bond donors (Lipinski definition) is 1. The van der Waals surface area contributed by atoms with E-state index in [9.17, 15) is 9.18 Å². The van der Waals surface area contributed by atoms with Crippen LogP contribution in [0.5, 0.6) is 0 Å². The SMILES string of the molecule is Cc1ccc(F)cc1C(=O)Nc1ccc(-n2cccn2)cc1. The maximum absolute atomic E-state index is 13.3. The number of rotatable bonds is 3. The molecule has 4 nitrogen and oxygen atoms in total. The zero-order valence-electron chi connectivity index (χ0n) is 12.0. The number of aryl methyl sites for hydroxylation is 1.